The normalized spacial score (nSPS) is 10.4. The van der Waals surface area contributed by atoms with Crippen molar-refractivity contribution >= 4 is 21.6 Å². The molecule has 0 spiro atoms. The first kappa shape index (κ1) is 12.8. The third kappa shape index (κ3) is 2.61. The van der Waals surface area contributed by atoms with Gasteiger partial charge in [-0.2, -0.15) is 0 Å². The zero-order chi connectivity index (χ0) is 13.3. The van der Waals surface area contributed by atoms with E-state index in [0.717, 1.165) is 22.2 Å². The fraction of sp³-hybridized carbons (Fsp3) is 0.0769. The number of rotatable bonds is 2. The molecule has 0 aliphatic rings. The lowest BCUT2D eigenvalue weighted by Gasteiger charge is -2.10. The highest BCUT2D eigenvalue weighted by molar-refractivity contribution is 9.10. The number of halogens is 3. The Balaban J connectivity index is 2.34. The molecular formula is C13H10BrF2NO. The number of aryl methyl sites for hydroxylation is 1. The summed E-state index contributed by atoms with van der Waals surface area (Å²) < 4.78 is 32.4. The smallest absolute Gasteiger partial charge is 0.162 e. The van der Waals surface area contributed by atoms with E-state index < -0.39 is 11.6 Å². The van der Waals surface area contributed by atoms with Crippen molar-refractivity contribution in [3.05, 3.63) is 52.0 Å². The fourth-order valence-corrected chi connectivity index (χ4v) is 1.69. The first-order valence-electron chi connectivity index (χ1n) is 5.16. The summed E-state index contributed by atoms with van der Waals surface area (Å²) in [7, 11) is 0. The Hall–Kier alpha value is -1.62. The number of hydrogen-bond acceptors (Lipinski definition) is 2. The van der Waals surface area contributed by atoms with Crippen LogP contribution in [0.25, 0.3) is 0 Å². The molecule has 0 bridgehead atoms. The molecule has 0 amide bonds. The minimum atomic E-state index is -0.994. The van der Waals surface area contributed by atoms with Gasteiger partial charge in [0.1, 0.15) is 5.75 Å². The maximum atomic E-state index is 13.1. The summed E-state index contributed by atoms with van der Waals surface area (Å²) in [4.78, 5) is 0. The topological polar surface area (TPSA) is 35.2 Å². The molecule has 0 fully saturated rings. The van der Waals surface area contributed by atoms with Gasteiger partial charge in [0, 0.05) is 16.6 Å². The molecule has 0 aliphatic heterocycles. The quantitative estimate of drug-likeness (QED) is 0.833. The van der Waals surface area contributed by atoms with Gasteiger partial charge < -0.3 is 10.5 Å². The highest BCUT2D eigenvalue weighted by Gasteiger charge is 2.10. The van der Waals surface area contributed by atoms with E-state index in [9.17, 15) is 8.78 Å². The average molecular weight is 314 g/mol. The second-order valence-electron chi connectivity index (χ2n) is 3.82. The van der Waals surface area contributed by atoms with Crippen molar-refractivity contribution in [3.8, 4) is 11.5 Å². The van der Waals surface area contributed by atoms with Crippen LogP contribution in [0.3, 0.4) is 0 Å². The predicted octanol–water partition coefficient (Wildman–Crippen LogP) is 4.41. The summed E-state index contributed by atoms with van der Waals surface area (Å²) in [5.74, 6) is -1.39. The lowest BCUT2D eigenvalue weighted by atomic mass is 10.2. The summed E-state index contributed by atoms with van der Waals surface area (Å²) >= 11 is 3.36. The summed E-state index contributed by atoms with van der Waals surface area (Å²) in [6, 6.07) is 7.11. The Morgan fingerprint density at radius 3 is 2.44 bits per heavy atom. The molecule has 5 heteroatoms. The Morgan fingerprint density at radius 2 is 1.78 bits per heavy atom. The Kier molecular flexibility index (Phi) is 3.52. The van der Waals surface area contributed by atoms with Crippen LogP contribution in [0.2, 0.25) is 0 Å². The van der Waals surface area contributed by atoms with E-state index in [2.05, 4.69) is 15.9 Å². The van der Waals surface area contributed by atoms with Crippen molar-refractivity contribution in [1.82, 2.24) is 0 Å². The van der Waals surface area contributed by atoms with Gasteiger partial charge in [0.2, 0.25) is 0 Å². The summed E-state index contributed by atoms with van der Waals surface area (Å²) in [5, 5.41) is 0. The molecular weight excluding hydrogens is 304 g/mol. The van der Waals surface area contributed by atoms with Crippen LogP contribution < -0.4 is 10.5 Å². The molecule has 18 heavy (non-hydrogen) atoms. The van der Waals surface area contributed by atoms with Crippen molar-refractivity contribution in [2.45, 2.75) is 6.92 Å². The summed E-state index contributed by atoms with van der Waals surface area (Å²) in [6.07, 6.45) is 0. The SMILES string of the molecule is Cc1cc(Oc2cc(F)c(F)cc2N)ccc1Br. The number of nitrogens with two attached hydrogens (primary N) is 1. The Bertz CT molecular complexity index is 602. The lowest BCUT2D eigenvalue weighted by Crippen LogP contribution is -1.96. The van der Waals surface area contributed by atoms with Crippen LogP contribution >= 0.6 is 15.9 Å². The standard InChI is InChI=1S/C13H10BrF2NO/c1-7-4-8(2-3-9(7)14)18-13-6-11(16)10(15)5-12(13)17/h2-6H,17H2,1H3. The third-order valence-electron chi connectivity index (χ3n) is 2.41. The largest absolute Gasteiger partial charge is 0.455 e. The van der Waals surface area contributed by atoms with Gasteiger partial charge in [-0.05, 0) is 30.7 Å². The average Bonchev–Trinajstić information content (AvgIpc) is 2.31. The molecule has 2 aromatic rings. The molecule has 0 saturated heterocycles. The van der Waals surface area contributed by atoms with Gasteiger partial charge in [0.05, 0.1) is 5.69 Å². The van der Waals surface area contributed by atoms with Gasteiger partial charge in [0.25, 0.3) is 0 Å². The molecule has 0 saturated carbocycles. The van der Waals surface area contributed by atoms with Crippen molar-refractivity contribution in [1.29, 1.82) is 0 Å². The zero-order valence-corrected chi connectivity index (χ0v) is 11.1. The molecule has 0 aromatic heterocycles. The van der Waals surface area contributed by atoms with E-state index in [1.807, 2.05) is 6.92 Å². The number of benzene rings is 2. The molecule has 0 aliphatic carbocycles. The summed E-state index contributed by atoms with van der Waals surface area (Å²) in [5.41, 5.74) is 6.58. The molecule has 0 heterocycles. The van der Waals surface area contributed by atoms with E-state index in [0.29, 0.717) is 5.75 Å². The van der Waals surface area contributed by atoms with E-state index >= 15 is 0 Å². The van der Waals surface area contributed by atoms with Crippen molar-refractivity contribution < 1.29 is 13.5 Å². The van der Waals surface area contributed by atoms with E-state index in [1.54, 1.807) is 18.2 Å². The van der Waals surface area contributed by atoms with Crippen molar-refractivity contribution in [2.75, 3.05) is 5.73 Å². The maximum Gasteiger partial charge on any atom is 0.162 e. The van der Waals surface area contributed by atoms with Crippen LogP contribution in [0.5, 0.6) is 11.5 Å². The second-order valence-corrected chi connectivity index (χ2v) is 4.67. The molecule has 2 nitrogen and oxygen atoms in total. The first-order chi connectivity index (χ1) is 8.47. The first-order valence-corrected chi connectivity index (χ1v) is 5.95. The van der Waals surface area contributed by atoms with Crippen molar-refractivity contribution in [2.24, 2.45) is 0 Å². The van der Waals surface area contributed by atoms with Crippen LogP contribution in [-0.4, -0.2) is 0 Å². The molecule has 0 atom stereocenters. The van der Waals surface area contributed by atoms with Crippen LogP contribution in [0.1, 0.15) is 5.56 Å². The van der Waals surface area contributed by atoms with Gasteiger partial charge in [0.15, 0.2) is 17.4 Å². The number of anilines is 1. The summed E-state index contributed by atoms with van der Waals surface area (Å²) in [6.45, 7) is 1.89. The van der Waals surface area contributed by atoms with Gasteiger partial charge in [-0.15, -0.1) is 0 Å². The predicted molar refractivity (Wildman–Crippen MR) is 69.7 cm³/mol. The third-order valence-corrected chi connectivity index (χ3v) is 3.30. The highest BCUT2D eigenvalue weighted by atomic mass is 79.9. The number of nitrogen functional groups attached to an aromatic ring is 1. The van der Waals surface area contributed by atoms with E-state index in [4.69, 9.17) is 10.5 Å². The molecule has 2 aromatic carbocycles. The number of hydrogen-bond donors (Lipinski definition) is 1. The van der Waals surface area contributed by atoms with Crippen LogP contribution in [-0.2, 0) is 0 Å². The zero-order valence-electron chi connectivity index (χ0n) is 9.51. The van der Waals surface area contributed by atoms with Gasteiger partial charge in [-0.3, -0.25) is 0 Å². The maximum absolute atomic E-state index is 13.1. The molecule has 0 radical (unpaired) electrons. The van der Waals surface area contributed by atoms with Gasteiger partial charge >= 0.3 is 0 Å². The van der Waals surface area contributed by atoms with E-state index in [1.165, 1.54) is 0 Å². The van der Waals surface area contributed by atoms with Gasteiger partial charge in [-0.1, -0.05) is 15.9 Å². The minimum Gasteiger partial charge on any atom is -0.455 e. The highest BCUT2D eigenvalue weighted by Crippen LogP contribution is 2.31. The lowest BCUT2D eigenvalue weighted by molar-refractivity contribution is 0.464. The monoisotopic (exact) mass is 313 g/mol. The van der Waals surface area contributed by atoms with Gasteiger partial charge in [-0.25, -0.2) is 8.78 Å². The second kappa shape index (κ2) is 4.94. The van der Waals surface area contributed by atoms with Crippen molar-refractivity contribution in [3.63, 3.8) is 0 Å². The minimum absolute atomic E-state index is 0.0504. The number of ether oxygens (including phenoxy) is 1. The van der Waals surface area contributed by atoms with Crippen LogP contribution in [0.4, 0.5) is 14.5 Å². The molecule has 2 rings (SSSR count). The van der Waals surface area contributed by atoms with Crippen LogP contribution in [0, 0.1) is 18.6 Å². The van der Waals surface area contributed by atoms with E-state index in [-0.39, 0.29) is 11.4 Å². The Labute approximate surface area is 112 Å². The molecule has 2 N–H and O–H groups in total. The molecule has 94 valence electrons. The van der Waals surface area contributed by atoms with Crippen LogP contribution in [0.15, 0.2) is 34.8 Å². The molecule has 0 unspecified atom stereocenters. The Morgan fingerprint density at radius 1 is 1.11 bits per heavy atom. The fourth-order valence-electron chi connectivity index (χ4n) is 1.44.